The first kappa shape index (κ1) is 81.6. The predicted octanol–water partition coefficient (Wildman–Crippen LogP) is 11.0. The summed E-state index contributed by atoms with van der Waals surface area (Å²) in [5, 5.41) is 16.5. The number of anilines is 2. The van der Waals surface area contributed by atoms with Crippen molar-refractivity contribution in [2.75, 3.05) is 96.7 Å². The molecule has 0 bridgehead atoms. The summed E-state index contributed by atoms with van der Waals surface area (Å²) in [7, 11) is 1.43. The van der Waals surface area contributed by atoms with E-state index in [-0.39, 0.29) is 78.3 Å². The molecule has 2 saturated heterocycles. The zero-order valence-electron chi connectivity index (χ0n) is 63.2. The van der Waals surface area contributed by atoms with Crippen molar-refractivity contribution in [2.24, 2.45) is 5.73 Å². The largest absolute Gasteiger partial charge is 0.494 e. The molecule has 27 nitrogen and oxygen atoms in total. The SMILES string of the molecule is CCc1cc2nn(C3CCN(CCOCCOc4ccc5c(c4)CN(C(CCC(=O)OC(C)(C)C)C(N)=O)C5=O)CC3)cc2cc1NC(=O)c1cccc(C(F)(F)F)n1.COc1cc2nn(C3CCN(CCOCCOc4ccc5c(c4)CN(C4CCC(=O)CC4=O)C5=O)CC3)cc2cc1NC(=O)c1cccc(C(F)(F)F)n1. The second kappa shape index (κ2) is 35.4. The number of methoxy groups -OCH3 is 1. The summed E-state index contributed by atoms with van der Waals surface area (Å²) in [4.78, 5) is 115. The molecule has 4 aromatic carbocycles. The number of aromatic nitrogens is 6. The summed E-state index contributed by atoms with van der Waals surface area (Å²) < 4.78 is 117. The molecule has 8 heterocycles. The number of ether oxygens (including phenoxy) is 6. The van der Waals surface area contributed by atoms with Crippen molar-refractivity contribution in [1.29, 1.82) is 0 Å². The number of ketones is 2. The van der Waals surface area contributed by atoms with Crippen LogP contribution in [0.4, 0.5) is 37.7 Å². The lowest BCUT2D eigenvalue weighted by Crippen LogP contribution is -2.45. The molecule has 0 spiro atoms. The number of amides is 5. The van der Waals surface area contributed by atoms with Crippen molar-refractivity contribution >= 4 is 80.3 Å². The van der Waals surface area contributed by atoms with Gasteiger partial charge in [-0.15, -0.1) is 0 Å². The third kappa shape index (κ3) is 20.5. The van der Waals surface area contributed by atoms with Crippen LogP contribution in [0.15, 0.2) is 109 Å². The number of nitrogens with two attached hydrogens (primary N) is 1. The number of carbonyl (C=O) groups is 8. The fraction of sp³-hybridized carbons (Fsp3) is 0.450. The monoisotopic (exact) mass is 1570 g/mol. The summed E-state index contributed by atoms with van der Waals surface area (Å²) in [6.07, 6.45) is -0.827. The maximum atomic E-state index is 13.2. The normalized spacial score (nSPS) is 16.9. The Morgan fingerprint density at radius 3 is 1.63 bits per heavy atom. The van der Waals surface area contributed by atoms with Gasteiger partial charge in [0.25, 0.3) is 23.6 Å². The molecule has 4 aliphatic heterocycles. The zero-order chi connectivity index (χ0) is 80.5. The Morgan fingerprint density at radius 2 is 1.12 bits per heavy atom. The van der Waals surface area contributed by atoms with Crippen LogP contribution in [-0.4, -0.2) is 200 Å². The number of hydrogen-bond acceptors (Lipinski definition) is 20. The van der Waals surface area contributed by atoms with Crippen LogP contribution < -0.4 is 30.6 Å². The highest BCUT2D eigenvalue weighted by Crippen LogP contribution is 2.37. The van der Waals surface area contributed by atoms with E-state index in [1.807, 2.05) is 40.8 Å². The van der Waals surface area contributed by atoms with Gasteiger partial charge in [0.15, 0.2) is 5.78 Å². The van der Waals surface area contributed by atoms with Gasteiger partial charge in [-0.25, -0.2) is 9.97 Å². The molecular formula is C80H89F6N13O14. The second-order valence-corrected chi connectivity index (χ2v) is 29.3. The molecule has 2 unspecified atom stereocenters. The Labute approximate surface area is 646 Å². The lowest BCUT2D eigenvalue weighted by Gasteiger charge is -2.31. The van der Waals surface area contributed by atoms with Crippen LogP contribution in [0.5, 0.6) is 17.2 Å². The number of esters is 1. The summed E-state index contributed by atoms with van der Waals surface area (Å²) in [6.45, 7) is 15.1. The number of pyridine rings is 2. The molecule has 13 rings (SSSR count). The Morgan fingerprint density at radius 1 is 0.611 bits per heavy atom. The number of nitrogens with one attached hydrogen (secondary N) is 2. The van der Waals surface area contributed by atoms with Crippen LogP contribution in [0.3, 0.4) is 0 Å². The van der Waals surface area contributed by atoms with E-state index in [1.165, 1.54) is 24.1 Å². The minimum absolute atomic E-state index is 0.0489. The highest BCUT2D eigenvalue weighted by atomic mass is 19.4. The van der Waals surface area contributed by atoms with Crippen molar-refractivity contribution < 1.29 is 93.1 Å². The van der Waals surface area contributed by atoms with Crippen LogP contribution in [0.1, 0.15) is 167 Å². The van der Waals surface area contributed by atoms with E-state index >= 15 is 0 Å². The minimum Gasteiger partial charge on any atom is -0.494 e. The molecule has 33 heteroatoms. The molecule has 113 heavy (non-hydrogen) atoms. The fourth-order valence-corrected chi connectivity index (χ4v) is 14.5. The first-order valence-corrected chi connectivity index (χ1v) is 37.5. The van der Waals surface area contributed by atoms with E-state index in [1.54, 1.807) is 74.2 Å². The molecule has 1 aliphatic carbocycles. The highest BCUT2D eigenvalue weighted by molar-refractivity contribution is 6.08. The average molecular weight is 1570 g/mol. The van der Waals surface area contributed by atoms with E-state index < -0.39 is 65.1 Å². The summed E-state index contributed by atoms with van der Waals surface area (Å²) >= 11 is 0. The number of benzene rings is 4. The van der Waals surface area contributed by atoms with Crippen LogP contribution in [0, 0.1) is 0 Å². The average Bonchev–Trinajstić information content (AvgIpc) is 1.66. The number of rotatable bonds is 28. The molecule has 3 fully saturated rings. The van der Waals surface area contributed by atoms with Gasteiger partial charge in [-0.3, -0.25) is 47.7 Å². The lowest BCUT2D eigenvalue weighted by atomic mass is 9.92. The minimum atomic E-state index is -4.67. The third-order valence-corrected chi connectivity index (χ3v) is 20.4. The number of nitrogens with zero attached hydrogens (tertiary/aromatic N) is 10. The molecule has 600 valence electrons. The van der Waals surface area contributed by atoms with Crippen molar-refractivity contribution in [3.63, 3.8) is 0 Å². The van der Waals surface area contributed by atoms with Gasteiger partial charge in [0, 0.05) is 111 Å². The van der Waals surface area contributed by atoms with Gasteiger partial charge in [-0.1, -0.05) is 19.1 Å². The van der Waals surface area contributed by atoms with Crippen LogP contribution in [0.25, 0.3) is 21.8 Å². The maximum absolute atomic E-state index is 13.2. The number of fused-ring (bicyclic) bond motifs is 4. The molecule has 1 saturated carbocycles. The first-order chi connectivity index (χ1) is 53.9. The van der Waals surface area contributed by atoms with E-state index in [9.17, 15) is 64.7 Å². The second-order valence-electron chi connectivity index (χ2n) is 29.3. The molecule has 4 N–H and O–H groups in total. The van der Waals surface area contributed by atoms with Gasteiger partial charge < -0.3 is 64.4 Å². The van der Waals surface area contributed by atoms with E-state index in [0.29, 0.717) is 111 Å². The quantitative estimate of drug-likeness (QED) is 0.0177. The Bertz CT molecular complexity index is 4850. The number of halogens is 6. The lowest BCUT2D eigenvalue weighted by molar-refractivity contribution is -0.155. The molecule has 0 radical (unpaired) electrons. The van der Waals surface area contributed by atoms with E-state index in [4.69, 9.17) is 44.4 Å². The number of primary amides is 1. The summed E-state index contributed by atoms with van der Waals surface area (Å²) in [5.74, 6) is -1.94. The number of hydrogen-bond donors (Lipinski definition) is 3. The fourth-order valence-electron chi connectivity index (χ4n) is 14.5. The van der Waals surface area contributed by atoms with Gasteiger partial charge in [-0.2, -0.15) is 36.5 Å². The van der Waals surface area contributed by atoms with Crippen LogP contribution in [-0.2, 0) is 65.3 Å². The number of alkyl halides is 6. The molecule has 4 aromatic heterocycles. The van der Waals surface area contributed by atoms with Crippen LogP contribution in [0.2, 0.25) is 0 Å². The molecule has 2 atom stereocenters. The third-order valence-electron chi connectivity index (χ3n) is 20.4. The summed E-state index contributed by atoms with van der Waals surface area (Å²) in [5.41, 5.74) is 7.57. The number of aryl methyl sites for hydroxylation is 1. The van der Waals surface area contributed by atoms with Gasteiger partial charge in [0.05, 0.1) is 74.8 Å². The molecule has 5 aliphatic rings. The van der Waals surface area contributed by atoms with Crippen molar-refractivity contribution in [2.45, 2.75) is 147 Å². The molecule has 8 aromatic rings. The first-order valence-electron chi connectivity index (χ1n) is 37.5. The number of carbonyl (C=O) groups excluding carboxylic acids is 8. The molecule has 5 amide bonds. The van der Waals surface area contributed by atoms with Gasteiger partial charge >= 0.3 is 18.3 Å². The summed E-state index contributed by atoms with van der Waals surface area (Å²) in [6, 6.07) is 22.7. The van der Waals surface area contributed by atoms with Crippen molar-refractivity contribution in [3.8, 4) is 17.2 Å². The molecular weight excluding hydrogens is 1480 g/mol. The Balaban J connectivity index is 0.000000210. The van der Waals surface area contributed by atoms with Crippen LogP contribution >= 0.6 is 0 Å². The van der Waals surface area contributed by atoms with Gasteiger partial charge in [0.2, 0.25) is 5.91 Å². The Kier molecular flexibility index (Phi) is 25.6. The maximum Gasteiger partial charge on any atom is 0.433 e. The van der Waals surface area contributed by atoms with Gasteiger partial charge in [0.1, 0.15) is 70.7 Å². The van der Waals surface area contributed by atoms with Crippen molar-refractivity contribution in [1.82, 2.24) is 49.1 Å². The number of Topliss-reactive ketones (excluding diaryl/α,β-unsaturated/α-hetero) is 2. The standard InChI is InChI=1S/C42H50F3N7O7.C38H39F3N6O7/c1-5-26-22-34-28(23-33(26)48-39(55)32-7-6-8-36(47-32)42(43,44)45)25-52(49-34)29-13-15-50(16-14-29)17-18-57-19-20-58-30-9-10-31-27(21-30)24-51(40(31)56)35(38(46)54)11-12-37(53)59-41(2,3)4;1-52-34-20-30-24(18-31(34)43-36(50)29-3-2-4-35(42-29)38(39,40)41)22-47(44-30)25-9-11-45(12-10-25)13-14-53-15-16-54-27-6-7-28-23(17-27)21-46(37(28)51)32-8-5-26(48)19-33(32)49/h6-10,21-23,25,29,35H,5,11-20,24H2,1-4H3,(H2,46,54)(H,48,55);2-4,6-7,17-18,20,22,25,32H,5,8-16,19,21H2,1H3,(H,43,50). The topological polar surface area (TPSA) is 316 Å². The van der Waals surface area contributed by atoms with E-state index in [0.717, 1.165) is 117 Å². The Hall–Kier alpha value is -10.9. The van der Waals surface area contributed by atoms with E-state index in [2.05, 4.69) is 30.4 Å². The smallest absolute Gasteiger partial charge is 0.433 e. The number of piperidine rings is 2. The predicted molar refractivity (Wildman–Crippen MR) is 400 cm³/mol. The van der Waals surface area contributed by atoms with Crippen molar-refractivity contribution in [3.05, 3.63) is 160 Å². The van der Waals surface area contributed by atoms with Gasteiger partial charge in [-0.05, 0) is 161 Å². The number of likely N-dealkylation sites (tertiary alicyclic amines) is 2. The zero-order valence-corrected chi connectivity index (χ0v) is 63.2. The highest BCUT2D eigenvalue weighted by Gasteiger charge is 2.41.